The molecular formula is C16H27IN6S2. The van der Waals surface area contributed by atoms with Crippen molar-refractivity contribution in [1.82, 2.24) is 25.4 Å². The van der Waals surface area contributed by atoms with E-state index in [-0.39, 0.29) is 24.0 Å². The highest BCUT2D eigenvalue weighted by atomic mass is 127. The van der Waals surface area contributed by atoms with Crippen LogP contribution in [-0.4, -0.2) is 45.8 Å². The molecule has 9 heteroatoms. The van der Waals surface area contributed by atoms with Crippen LogP contribution in [0.4, 0.5) is 0 Å². The monoisotopic (exact) mass is 494 g/mol. The van der Waals surface area contributed by atoms with Crippen LogP contribution in [0.2, 0.25) is 0 Å². The van der Waals surface area contributed by atoms with Gasteiger partial charge in [-0.15, -0.1) is 45.5 Å². The predicted molar refractivity (Wildman–Crippen MR) is 119 cm³/mol. The van der Waals surface area contributed by atoms with Gasteiger partial charge in [-0.05, 0) is 43.2 Å². The van der Waals surface area contributed by atoms with Crippen LogP contribution >= 0.6 is 47.1 Å². The lowest BCUT2D eigenvalue weighted by molar-refractivity contribution is 0.743. The molecule has 2 aromatic heterocycles. The molecule has 0 saturated heterocycles. The highest BCUT2D eigenvalue weighted by Crippen LogP contribution is 2.08. The highest BCUT2D eigenvalue weighted by molar-refractivity contribution is 14.0. The Bertz CT molecular complexity index is 627. The molecule has 2 aromatic rings. The molecule has 0 saturated carbocycles. The number of aromatic nitrogens is 3. The first kappa shape index (κ1) is 22.2. The minimum absolute atomic E-state index is 0. The molecule has 0 bridgehead atoms. The van der Waals surface area contributed by atoms with E-state index in [2.05, 4.69) is 49.6 Å². The van der Waals surface area contributed by atoms with Gasteiger partial charge in [-0.2, -0.15) is 11.8 Å². The summed E-state index contributed by atoms with van der Waals surface area (Å²) in [5.74, 6) is 3.77. The van der Waals surface area contributed by atoms with Crippen LogP contribution in [0.25, 0.3) is 0 Å². The number of thiophene rings is 1. The van der Waals surface area contributed by atoms with Gasteiger partial charge in [0.1, 0.15) is 12.4 Å². The Morgan fingerprint density at radius 2 is 2.12 bits per heavy atom. The van der Waals surface area contributed by atoms with Crippen molar-refractivity contribution in [1.29, 1.82) is 0 Å². The zero-order valence-corrected chi connectivity index (χ0v) is 19.0. The van der Waals surface area contributed by atoms with Gasteiger partial charge in [0, 0.05) is 25.0 Å². The van der Waals surface area contributed by atoms with Crippen LogP contribution in [-0.2, 0) is 20.0 Å². The van der Waals surface area contributed by atoms with E-state index in [0.717, 1.165) is 49.3 Å². The molecule has 2 N–H and O–H groups in total. The molecule has 0 spiro atoms. The largest absolute Gasteiger partial charge is 0.356 e. The minimum atomic E-state index is 0. The zero-order valence-electron chi connectivity index (χ0n) is 15.0. The molecule has 0 aliphatic rings. The van der Waals surface area contributed by atoms with Crippen molar-refractivity contribution in [3.8, 4) is 0 Å². The number of guanidine groups is 1. The SMILES string of the molecule is CSCCCNC(=NCc1nnc(C)n1C)NCCc1cccs1.I. The van der Waals surface area contributed by atoms with Crippen molar-refractivity contribution >= 4 is 53.0 Å². The summed E-state index contributed by atoms with van der Waals surface area (Å²) >= 11 is 3.65. The smallest absolute Gasteiger partial charge is 0.191 e. The second-order valence-corrected chi connectivity index (χ2v) is 7.43. The van der Waals surface area contributed by atoms with Crippen molar-refractivity contribution in [2.45, 2.75) is 26.3 Å². The third kappa shape index (κ3) is 7.95. The van der Waals surface area contributed by atoms with Crippen molar-refractivity contribution in [2.75, 3.05) is 25.1 Å². The van der Waals surface area contributed by atoms with Gasteiger partial charge in [0.25, 0.3) is 0 Å². The van der Waals surface area contributed by atoms with E-state index in [4.69, 9.17) is 0 Å². The van der Waals surface area contributed by atoms with Crippen LogP contribution in [0.1, 0.15) is 22.9 Å². The van der Waals surface area contributed by atoms with E-state index < -0.39 is 0 Å². The third-order valence-corrected chi connectivity index (χ3v) is 5.26. The summed E-state index contributed by atoms with van der Waals surface area (Å²) < 4.78 is 1.97. The van der Waals surface area contributed by atoms with Crippen molar-refractivity contribution < 1.29 is 0 Å². The van der Waals surface area contributed by atoms with Gasteiger partial charge in [0.2, 0.25) is 0 Å². The zero-order chi connectivity index (χ0) is 17.2. The Hall–Kier alpha value is -0.810. The van der Waals surface area contributed by atoms with Crippen LogP contribution < -0.4 is 10.6 Å². The molecule has 0 amide bonds. The number of nitrogens with zero attached hydrogens (tertiary/aromatic N) is 4. The molecule has 0 aliphatic heterocycles. The lowest BCUT2D eigenvalue weighted by atomic mass is 10.3. The van der Waals surface area contributed by atoms with Gasteiger partial charge in [0.05, 0.1) is 0 Å². The summed E-state index contributed by atoms with van der Waals surface area (Å²) in [5, 5.41) is 17.2. The van der Waals surface area contributed by atoms with Gasteiger partial charge in [-0.1, -0.05) is 6.07 Å². The Morgan fingerprint density at radius 3 is 2.76 bits per heavy atom. The van der Waals surface area contributed by atoms with Crippen LogP contribution in [0, 0.1) is 6.92 Å². The molecule has 25 heavy (non-hydrogen) atoms. The topological polar surface area (TPSA) is 67.1 Å². The van der Waals surface area contributed by atoms with Crippen molar-refractivity contribution in [3.05, 3.63) is 34.0 Å². The van der Waals surface area contributed by atoms with E-state index >= 15 is 0 Å². The Kier molecular flexibility index (Phi) is 11.1. The first-order valence-corrected chi connectivity index (χ1v) is 10.4. The molecule has 6 nitrogen and oxygen atoms in total. The Balaban J connectivity index is 0.00000312. The number of nitrogens with one attached hydrogen (secondary N) is 2. The number of hydrogen-bond acceptors (Lipinski definition) is 5. The van der Waals surface area contributed by atoms with Crippen LogP contribution in [0.5, 0.6) is 0 Å². The van der Waals surface area contributed by atoms with E-state index in [1.807, 2.05) is 30.3 Å². The molecule has 2 heterocycles. The Morgan fingerprint density at radius 1 is 1.32 bits per heavy atom. The van der Waals surface area contributed by atoms with Gasteiger partial charge < -0.3 is 15.2 Å². The molecule has 0 atom stereocenters. The standard InChI is InChI=1S/C16H26N6S2.HI/c1-13-20-21-15(22(13)2)12-19-16(17-8-5-10-23-3)18-9-7-14-6-4-11-24-14;/h4,6,11H,5,7-10,12H2,1-3H3,(H2,17,18,19);1H. The van der Waals surface area contributed by atoms with E-state index in [1.54, 1.807) is 11.3 Å². The van der Waals surface area contributed by atoms with Gasteiger partial charge in [-0.3, -0.25) is 0 Å². The summed E-state index contributed by atoms with van der Waals surface area (Å²) in [6.07, 6.45) is 4.26. The number of thioether (sulfide) groups is 1. The van der Waals surface area contributed by atoms with Gasteiger partial charge >= 0.3 is 0 Å². The highest BCUT2D eigenvalue weighted by Gasteiger charge is 2.05. The van der Waals surface area contributed by atoms with Crippen LogP contribution in [0.3, 0.4) is 0 Å². The second kappa shape index (κ2) is 12.5. The summed E-state index contributed by atoms with van der Waals surface area (Å²) in [4.78, 5) is 6.03. The molecule has 0 radical (unpaired) electrons. The molecule has 140 valence electrons. The molecule has 0 fully saturated rings. The quantitative estimate of drug-likeness (QED) is 0.243. The van der Waals surface area contributed by atoms with Gasteiger partial charge in [-0.25, -0.2) is 4.99 Å². The van der Waals surface area contributed by atoms with Crippen LogP contribution in [0.15, 0.2) is 22.5 Å². The third-order valence-electron chi connectivity index (χ3n) is 3.62. The number of rotatable bonds is 9. The molecule has 0 aliphatic carbocycles. The van der Waals surface area contributed by atoms with E-state index in [1.165, 1.54) is 4.88 Å². The lowest BCUT2D eigenvalue weighted by Crippen LogP contribution is -2.39. The fourth-order valence-corrected chi connectivity index (χ4v) is 3.24. The summed E-state index contributed by atoms with van der Waals surface area (Å²) in [6.45, 7) is 4.26. The first-order chi connectivity index (χ1) is 11.7. The minimum Gasteiger partial charge on any atom is -0.356 e. The van der Waals surface area contributed by atoms with Gasteiger partial charge in [0.15, 0.2) is 11.8 Å². The fourth-order valence-electron chi connectivity index (χ4n) is 2.10. The number of aliphatic imine (C=N–C) groups is 1. The normalized spacial score (nSPS) is 11.2. The number of hydrogen-bond donors (Lipinski definition) is 2. The number of aryl methyl sites for hydroxylation is 1. The fraction of sp³-hybridized carbons (Fsp3) is 0.562. The van der Waals surface area contributed by atoms with E-state index in [9.17, 15) is 0 Å². The molecule has 2 rings (SSSR count). The molecule has 0 aromatic carbocycles. The molecular weight excluding hydrogens is 467 g/mol. The first-order valence-electron chi connectivity index (χ1n) is 8.09. The molecule has 0 unspecified atom stereocenters. The average molecular weight is 494 g/mol. The summed E-state index contributed by atoms with van der Waals surface area (Å²) in [7, 11) is 1.97. The Labute approximate surface area is 175 Å². The van der Waals surface area contributed by atoms with Crippen molar-refractivity contribution in [3.63, 3.8) is 0 Å². The summed E-state index contributed by atoms with van der Waals surface area (Å²) in [5.41, 5.74) is 0. The van der Waals surface area contributed by atoms with E-state index in [0.29, 0.717) is 6.54 Å². The average Bonchev–Trinajstić information content (AvgIpc) is 3.20. The second-order valence-electron chi connectivity index (χ2n) is 5.42. The van der Waals surface area contributed by atoms with Crippen molar-refractivity contribution in [2.24, 2.45) is 12.0 Å². The summed E-state index contributed by atoms with van der Waals surface area (Å²) in [6, 6.07) is 4.25. The number of halogens is 1. The maximum atomic E-state index is 4.65. The maximum absolute atomic E-state index is 4.65. The maximum Gasteiger partial charge on any atom is 0.191 e. The predicted octanol–water partition coefficient (Wildman–Crippen LogP) is 2.83. The lowest BCUT2D eigenvalue weighted by Gasteiger charge is -2.12.